The molecule has 0 aliphatic rings. The molecule has 82 valence electrons. The molecule has 2 aromatic rings. The van der Waals surface area contributed by atoms with Crippen molar-refractivity contribution in [2.45, 2.75) is 13.5 Å². The highest BCUT2D eigenvalue weighted by molar-refractivity contribution is 6.32. The predicted octanol–water partition coefficient (Wildman–Crippen LogP) is 3.05. The van der Waals surface area contributed by atoms with Crippen LogP contribution < -0.4 is 5.32 Å². The number of aromatic nitrogens is 2. The van der Waals surface area contributed by atoms with Crippen molar-refractivity contribution in [3.63, 3.8) is 0 Å². The fourth-order valence-corrected chi connectivity index (χ4v) is 1.58. The Morgan fingerprint density at radius 2 is 2.12 bits per heavy atom. The molecule has 1 N–H and O–H groups in total. The van der Waals surface area contributed by atoms with Gasteiger partial charge in [0.1, 0.15) is 5.82 Å². The highest BCUT2D eigenvalue weighted by Crippen LogP contribution is 2.17. The normalized spacial score (nSPS) is 10.1. The second kappa shape index (κ2) is 4.94. The molecule has 0 aliphatic heterocycles. The lowest BCUT2D eigenvalue weighted by molar-refractivity contribution is 1.00. The van der Waals surface area contributed by atoms with Crippen LogP contribution in [0.15, 0.2) is 36.5 Å². The fraction of sp³-hybridized carbons (Fsp3) is 0.167. The quantitative estimate of drug-likeness (QED) is 0.886. The molecule has 0 saturated carbocycles. The summed E-state index contributed by atoms with van der Waals surface area (Å²) in [5, 5.41) is 3.77. The number of pyridine rings is 2. The van der Waals surface area contributed by atoms with E-state index >= 15 is 0 Å². The lowest BCUT2D eigenvalue weighted by Gasteiger charge is -2.06. The summed E-state index contributed by atoms with van der Waals surface area (Å²) >= 11 is 5.98. The number of anilines is 1. The van der Waals surface area contributed by atoms with Gasteiger partial charge in [0.2, 0.25) is 0 Å². The standard InChI is InChI=1S/C12H12ClN3/c1-9-4-2-5-10(16-9)8-15-12-11(13)6-3-7-14-12/h2-7H,8H2,1H3,(H,14,15). The van der Waals surface area contributed by atoms with Crippen molar-refractivity contribution in [3.8, 4) is 0 Å². The first-order valence-corrected chi connectivity index (χ1v) is 5.40. The molecule has 0 atom stereocenters. The smallest absolute Gasteiger partial charge is 0.145 e. The van der Waals surface area contributed by atoms with Crippen molar-refractivity contribution in [3.05, 3.63) is 52.9 Å². The summed E-state index contributed by atoms with van der Waals surface area (Å²) in [6.45, 7) is 2.59. The number of hydrogen-bond donors (Lipinski definition) is 1. The number of nitrogens with one attached hydrogen (secondary N) is 1. The summed E-state index contributed by atoms with van der Waals surface area (Å²) in [4.78, 5) is 8.53. The van der Waals surface area contributed by atoms with Crippen molar-refractivity contribution >= 4 is 17.4 Å². The van der Waals surface area contributed by atoms with Gasteiger partial charge in [-0.15, -0.1) is 0 Å². The Hall–Kier alpha value is -1.61. The molecular weight excluding hydrogens is 222 g/mol. The van der Waals surface area contributed by atoms with Crippen LogP contribution in [0.2, 0.25) is 5.02 Å². The van der Waals surface area contributed by atoms with Crippen LogP contribution in [0.5, 0.6) is 0 Å². The van der Waals surface area contributed by atoms with Gasteiger partial charge in [0, 0.05) is 11.9 Å². The Balaban J connectivity index is 2.05. The molecule has 2 heterocycles. The molecule has 0 unspecified atom stereocenters. The van der Waals surface area contributed by atoms with Gasteiger partial charge in [0.25, 0.3) is 0 Å². The van der Waals surface area contributed by atoms with E-state index in [1.165, 1.54) is 0 Å². The van der Waals surface area contributed by atoms with Crippen LogP contribution in [-0.4, -0.2) is 9.97 Å². The zero-order chi connectivity index (χ0) is 11.4. The highest BCUT2D eigenvalue weighted by Gasteiger charge is 2.00. The zero-order valence-electron chi connectivity index (χ0n) is 8.94. The number of rotatable bonds is 3. The van der Waals surface area contributed by atoms with Crippen molar-refractivity contribution in [2.24, 2.45) is 0 Å². The average molecular weight is 234 g/mol. The minimum Gasteiger partial charge on any atom is -0.363 e. The Bertz CT molecular complexity index is 485. The van der Waals surface area contributed by atoms with Crippen molar-refractivity contribution < 1.29 is 0 Å². The second-order valence-electron chi connectivity index (χ2n) is 3.46. The summed E-state index contributed by atoms with van der Waals surface area (Å²) in [5.74, 6) is 0.687. The maximum atomic E-state index is 5.98. The molecule has 0 radical (unpaired) electrons. The van der Waals surface area contributed by atoms with Crippen LogP contribution in [0.3, 0.4) is 0 Å². The summed E-state index contributed by atoms with van der Waals surface area (Å²) < 4.78 is 0. The largest absolute Gasteiger partial charge is 0.363 e. The molecule has 4 heteroatoms. The third kappa shape index (κ3) is 2.70. The molecule has 2 aromatic heterocycles. The van der Waals surface area contributed by atoms with Gasteiger partial charge in [-0.2, -0.15) is 0 Å². The van der Waals surface area contributed by atoms with Gasteiger partial charge in [-0.25, -0.2) is 4.98 Å². The lowest BCUT2D eigenvalue weighted by atomic mass is 10.3. The minimum atomic E-state index is 0.621. The van der Waals surface area contributed by atoms with E-state index < -0.39 is 0 Å². The van der Waals surface area contributed by atoms with E-state index in [9.17, 15) is 0 Å². The first-order valence-electron chi connectivity index (χ1n) is 5.02. The third-order valence-corrected chi connectivity index (χ3v) is 2.45. The summed E-state index contributed by atoms with van der Waals surface area (Å²) in [7, 11) is 0. The average Bonchev–Trinajstić information content (AvgIpc) is 2.28. The predicted molar refractivity (Wildman–Crippen MR) is 65.5 cm³/mol. The zero-order valence-corrected chi connectivity index (χ0v) is 9.70. The molecule has 16 heavy (non-hydrogen) atoms. The van der Waals surface area contributed by atoms with Crippen LogP contribution >= 0.6 is 11.6 Å². The van der Waals surface area contributed by atoms with Crippen LogP contribution in [0.25, 0.3) is 0 Å². The molecule has 0 aromatic carbocycles. The number of halogens is 1. The number of aryl methyl sites for hydroxylation is 1. The van der Waals surface area contributed by atoms with E-state index in [4.69, 9.17) is 11.6 Å². The molecular formula is C12H12ClN3. The Kier molecular flexibility index (Phi) is 3.37. The van der Waals surface area contributed by atoms with Crippen molar-refractivity contribution in [1.29, 1.82) is 0 Å². The Morgan fingerprint density at radius 3 is 2.88 bits per heavy atom. The van der Waals surface area contributed by atoms with E-state index in [1.54, 1.807) is 18.3 Å². The molecule has 2 rings (SSSR count). The van der Waals surface area contributed by atoms with E-state index in [1.807, 2.05) is 25.1 Å². The van der Waals surface area contributed by atoms with E-state index in [0.717, 1.165) is 11.4 Å². The first-order chi connectivity index (χ1) is 7.75. The number of nitrogens with zero attached hydrogens (tertiary/aromatic N) is 2. The van der Waals surface area contributed by atoms with Crippen molar-refractivity contribution in [2.75, 3.05) is 5.32 Å². The van der Waals surface area contributed by atoms with Crippen LogP contribution in [-0.2, 0) is 6.54 Å². The SMILES string of the molecule is Cc1cccc(CNc2ncccc2Cl)n1. The monoisotopic (exact) mass is 233 g/mol. The molecule has 0 spiro atoms. The molecule has 0 fully saturated rings. The fourth-order valence-electron chi connectivity index (χ4n) is 1.39. The maximum Gasteiger partial charge on any atom is 0.145 e. The van der Waals surface area contributed by atoms with Crippen LogP contribution in [0.1, 0.15) is 11.4 Å². The van der Waals surface area contributed by atoms with Gasteiger partial charge in [0.05, 0.1) is 17.3 Å². The Morgan fingerprint density at radius 1 is 1.25 bits per heavy atom. The van der Waals surface area contributed by atoms with Crippen molar-refractivity contribution in [1.82, 2.24) is 9.97 Å². The van der Waals surface area contributed by atoms with Gasteiger partial charge in [0.15, 0.2) is 0 Å². The lowest BCUT2D eigenvalue weighted by Crippen LogP contribution is -2.03. The molecule has 0 amide bonds. The molecule has 0 bridgehead atoms. The van der Waals surface area contributed by atoms with Crippen LogP contribution in [0, 0.1) is 6.92 Å². The Labute approximate surface area is 99.5 Å². The second-order valence-corrected chi connectivity index (χ2v) is 3.86. The summed E-state index contributed by atoms with van der Waals surface area (Å²) in [5.41, 5.74) is 1.98. The van der Waals surface area contributed by atoms with E-state index in [0.29, 0.717) is 17.4 Å². The van der Waals surface area contributed by atoms with E-state index in [-0.39, 0.29) is 0 Å². The highest BCUT2D eigenvalue weighted by atomic mass is 35.5. The molecule has 0 saturated heterocycles. The van der Waals surface area contributed by atoms with Crippen LogP contribution in [0.4, 0.5) is 5.82 Å². The third-order valence-electron chi connectivity index (χ3n) is 2.14. The first kappa shape index (κ1) is 10.9. The molecule has 3 nitrogen and oxygen atoms in total. The van der Waals surface area contributed by atoms with Gasteiger partial charge in [-0.3, -0.25) is 4.98 Å². The summed E-state index contributed by atoms with van der Waals surface area (Å²) in [6, 6.07) is 9.53. The summed E-state index contributed by atoms with van der Waals surface area (Å²) in [6.07, 6.45) is 1.71. The topological polar surface area (TPSA) is 37.8 Å². The minimum absolute atomic E-state index is 0.621. The maximum absolute atomic E-state index is 5.98. The number of hydrogen-bond acceptors (Lipinski definition) is 3. The van der Waals surface area contributed by atoms with E-state index in [2.05, 4.69) is 15.3 Å². The van der Waals surface area contributed by atoms with Gasteiger partial charge in [-0.05, 0) is 31.2 Å². The molecule has 0 aliphatic carbocycles. The van der Waals surface area contributed by atoms with Gasteiger partial charge >= 0.3 is 0 Å². The van der Waals surface area contributed by atoms with Gasteiger partial charge < -0.3 is 5.32 Å². The van der Waals surface area contributed by atoms with Gasteiger partial charge in [-0.1, -0.05) is 17.7 Å².